The lowest BCUT2D eigenvalue weighted by atomic mass is 10.0. The van der Waals surface area contributed by atoms with Crippen LogP contribution >= 0.6 is 0 Å². The third-order valence-electron chi connectivity index (χ3n) is 16.0. The van der Waals surface area contributed by atoms with Crippen LogP contribution in [0.3, 0.4) is 0 Å². The van der Waals surface area contributed by atoms with Gasteiger partial charge in [0.25, 0.3) is 0 Å². The van der Waals surface area contributed by atoms with E-state index in [1.807, 2.05) is 0 Å². The van der Waals surface area contributed by atoms with Gasteiger partial charge in [-0.15, -0.1) is 0 Å². The summed E-state index contributed by atoms with van der Waals surface area (Å²) in [6.45, 7) is 0. The lowest BCUT2D eigenvalue weighted by Gasteiger charge is -2.34. The predicted molar refractivity (Wildman–Crippen MR) is 328 cm³/mol. The van der Waals surface area contributed by atoms with Crippen LogP contribution in [-0.2, 0) is 0 Å². The second kappa shape index (κ2) is 18.9. The van der Waals surface area contributed by atoms with Gasteiger partial charge < -0.3 is 9.13 Å². The van der Waals surface area contributed by atoms with Gasteiger partial charge in [0.15, 0.2) is 16.1 Å². The first-order chi connectivity index (χ1) is 37.7. The van der Waals surface area contributed by atoms with Crippen molar-refractivity contribution in [2.75, 3.05) is 0 Å². The Hall–Kier alpha value is -9.33. The number of rotatable bonds is 11. The zero-order chi connectivity index (χ0) is 50.5. The molecule has 0 radical (unpaired) electrons. The van der Waals surface area contributed by atoms with Gasteiger partial charge >= 0.3 is 0 Å². The first kappa shape index (κ1) is 45.3. The number of nitrogens with zero attached hydrogens (tertiary/aromatic N) is 2. The SMILES string of the molecule is c1ccc([Si](c2ccccc2)(c2ccccc2)c2ccc3c(c2)c2ccccc2n3-c2ccccc2-c2ccccc2-n2c3ccccc3c3cc([Si](c4ccccc4)(c4ccccc4)c4ccccc4)ccc32)cc1. The maximum atomic E-state index is 2.53. The summed E-state index contributed by atoms with van der Waals surface area (Å²) in [5, 5.41) is 15.9. The Kier molecular flexibility index (Phi) is 11.2. The quantitative estimate of drug-likeness (QED) is 0.0903. The Morgan fingerprint density at radius 2 is 0.434 bits per heavy atom. The zero-order valence-electron chi connectivity index (χ0n) is 41.9. The highest BCUT2D eigenvalue weighted by molar-refractivity contribution is 7.20. The molecule has 12 aromatic carbocycles. The molecule has 358 valence electrons. The van der Waals surface area contributed by atoms with Crippen LogP contribution < -0.4 is 41.5 Å². The van der Waals surface area contributed by atoms with Crippen LogP contribution in [0.15, 0.2) is 315 Å². The highest BCUT2D eigenvalue weighted by atomic mass is 28.3. The average Bonchev–Trinajstić information content (AvgIpc) is 4.13. The van der Waals surface area contributed by atoms with Crippen LogP contribution in [0.4, 0.5) is 0 Å². The van der Waals surface area contributed by atoms with Gasteiger partial charge in [-0.1, -0.05) is 279 Å². The maximum Gasteiger partial charge on any atom is 0.179 e. The van der Waals surface area contributed by atoms with E-state index in [-0.39, 0.29) is 0 Å². The molecule has 76 heavy (non-hydrogen) atoms. The molecule has 14 aromatic rings. The Labute approximate surface area is 445 Å². The van der Waals surface area contributed by atoms with E-state index in [2.05, 4.69) is 325 Å². The summed E-state index contributed by atoms with van der Waals surface area (Å²) in [6.07, 6.45) is 0. The normalized spacial score (nSPS) is 11.9. The Balaban J connectivity index is 0.980. The van der Waals surface area contributed by atoms with E-state index in [1.165, 1.54) is 85.1 Å². The minimum absolute atomic E-state index is 1.14. The van der Waals surface area contributed by atoms with Gasteiger partial charge in [0, 0.05) is 32.7 Å². The third-order valence-corrected chi connectivity index (χ3v) is 25.6. The molecule has 0 aliphatic carbocycles. The molecule has 0 spiro atoms. The Morgan fingerprint density at radius 1 is 0.184 bits per heavy atom. The lowest BCUT2D eigenvalue weighted by Crippen LogP contribution is -2.74. The number of fused-ring (bicyclic) bond motifs is 6. The molecule has 0 atom stereocenters. The van der Waals surface area contributed by atoms with Gasteiger partial charge in [-0.05, 0) is 77.9 Å². The highest BCUT2D eigenvalue weighted by Gasteiger charge is 2.43. The molecule has 0 saturated carbocycles. The fourth-order valence-electron chi connectivity index (χ4n) is 12.9. The van der Waals surface area contributed by atoms with Gasteiger partial charge in [-0.25, -0.2) is 0 Å². The van der Waals surface area contributed by atoms with E-state index >= 15 is 0 Å². The molecular formula is C72H52N2Si2. The van der Waals surface area contributed by atoms with E-state index in [0.29, 0.717) is 0 Å². The second-order valence-electron chi connectivity index (χ2n) is 19.9. The first-order valence-electron chi connectivity index (χ1n) is 26.3. The molecule has 0 amide bonds. The Bertz CT molecular complexity index is 3900. The summed E-state index contributed by atoms with van der Waals surface area (Å²) >= 11 is 0. The molecule has 0 aliphatic heterocycles. The molecular weight excluding hydrogens is 949 g/mol. The van der Waals surface area contributed by atoms with Crippen LogP contribution in [0, 0.1) is 0 Å². The summed E-state index contributed by atoms with van der Waals surface area (Å²) in [7, 11) is -5.60. The zero-order valence-corrected chi connectivity index (χ0v) is 43.9. The lowest BCUT2D eigenvalue weighted by molar-refractivity contribution is 1.16. The van der Waals surface area contributed by atoms with Crippen LogP contribution in [0.5, 0.6) is 0 Å². The molecule has 2 heterocycles. The molecule has 0 aliphatic rings. The van der Waals surface area contributed by atoms with Crippen LogP contribution in [-0.4, -0.2) is 25.3 Å². The summed E-state index contributed by atoms with van der Waals surface area (Å²) in [5.41, 5.74) is 9.32. The van der Waals surface area contributed by atoms with Gasteiger partial charge in [-0.2, -0.15) is 0 Å². The highest BCUT2D eigenvalue weighted by Crippen LogP contribution is 2.40. The van der Waals surface area contributed by atoms with Crippen molar-refractivity contribution in [2.24, 2.45) is 0 Å². The molecule has 0 bridgehead atoms. The molecule has 0 saturated heterocycles. The van der Waals surface area contributed by atoms with Gasteiger partial charge in [0.1, 0.15) is 0 Å². The van der Waals surface area contributed by atoms with Crippen LogP contribution in [0.2, 0.25) is 0 Å². The van der Waals surface area contributed by atoms with Crippen molar-refractivity contribution in [3.05, 3.63) is 315 Å². The predicted octanol–water partition coefficient (Wildman–Crippen LogP) is 12.3. The number of benzene rings is 12. The van der Waals surface area contributed by atoms with Gasteiger partial charge in [-0.3, -0.25) is 0 Å². The van der Waals surface area contributed by atoms with Gasteiger partial charge in [0.2, 0.25) is 0 Å². The molecule has 14 rings (SSSR count). The number of hydrogen-bond acceptors (Lipinski definition) is 0. The van der Waals surface area contributed by atoms with Crippen LogP contribution in [0.25, 0.3) is 66.1 Å². The largest absolute Gasteiger partial charge is 0.309 e. The molecule has 0 N–H and O–H groups in total. The Morgan fingerprint density at radius 3 is 0.750 bits per heavy atom. The summed E-state index contributed by atoms with van der Waals surface area (Å²) in [4.78, 5) is 0. The number of aromatic nitrogens is 2. The van der Waals surface area contributed by atoms with Gasteiger partial charge in [0.05, 0.1) is 33.4 Å². The fourth-order valence-corrected chi connectivity index (χ4v) is 22.4. The van der Waals surface area contributed by atoms with Crippen molar-refractivity contribution in [1.29, 1.82) is 0 Å². The minimum Gasteiger partial charge on any atom is -0.309 e. The van der Waals surface area contributed by atoms with Crippen molar-refractivity contribution in [3.8, 4) is 22.5 Å². The topological polar surface area (TPSA) is 9.86 Å². The summed E-state index contributed by atoms with van der Waals surface area (Å²) in [5.74, 6) is 0. The average molecular weight is 1000 g/mol. The monoisotopic (exact) mass is 1000 g/mol. The second-order valence-corrected chi connectivity index (χ2v) is 27.5. The third kappa shape index (κ3) is 7.06. The van der Waals surface area contributed by atoms with Crippen molar-refractivity contribution in [1.82, 2.24) is 9.13 Å². The summed E-state index contributed by atoms with van der Waals surface area (Å²) < 4.78 is 5.02. The standard InChI is InChI=1S/C72H52N2Si2/c1-7-27-53(28-8-1)75(54-29-9-2-10-30-54,55-31-11-3-12-32-55)59-47-49-71-65(51-59)63-41-21-25-45-69(63)73(71)67-43-23-19-39-61(67)62-40-20-24-44-68(62)74-70-46-26-22-42-64(70)66-52-60(48-50-72(66)74)76(56-33-13-4-14-34-56,57-35-15-5-16-36-57)58-37-17-6-18-38-58/h1-52H. The van der Waals surface area contributed by atoms with E-state index in [4.69, 9.17) is 0 Å². The van der Waals surface area contributed by atoms with Crippen molar-refractivity contribution in [3.63, 3.8) is 0 Å². The molecule has 2 nitrogen and oxygen atoms in total. The molecule has 2 aromatic heterocycles. The fraction of sp³-hybridized carbons (Fsp3) is 0. The first-order valence-corrected chi connectivity index (χ1v) is 30.3. The maximum absolute atomic E-state index is 2.80. The molecule has 0 fully saturated rings. The number of para-hydroxylation sites is 4. The summed E-state index contributed by atoms with van der Waals surface area (Å²) in [6, 6.07) is 118. The van der Waals surface area contributed by atoms with E-state index in [9.17, 15) is 0 Å². The van der Waals surface area contributed by atoms with Crippen molar-refractivity contribution >= 4 is 101 Å². The molecule has 0 unspecified atom stereocenters. The minimum atomic E-state index is -2.80. The van der Waals surface area contributed by atoms with E-state index in [1.54, 1.807) is 0 Å². The van der Waals surface area contributed by atoms with E-state index < -0.39 is 16.1 Å². The van der Waals surface area contributed by atoms with E-state index in [0.717, 1.165) is 22.5 Å². The molecule has 4 heteroatoms. The van der Waals surface area contributed by atoms with Crippen LogP contribution in [0.1, 0.15) is 0 Å². The number of hydrogen-bond donors (Lipinski definition) is 0. The van der Waals surface area contributed by atoms with Crippen molar-refractivity contribution in [2.45, 2.75) is 0 Å². The smallest absolute Gasteiger partial charge is 0.179 e. The van der Waals surface area contributed by atoms with Crippen molar-refractivity contribution < 1.29 is 0 Å².